The van der Waals surface area contributed by atoms with Crippen LogP contribution in [0.5, 0.6) is 0 Å². The average molecular weight is 681 g/mol. The molecule has 3 fully saturated rings. The summed E-state index contributed by atoms with van der Waals surface area (Å²) in [5, 5.41) is 29.0. The zero-order chi connectivity index (χ0) is 35.0. The molecular weight excluding hydrogens is 624 g/mol. The van der Waals surface area contributed by atoms with Gasteiger partial charge in [-0.2, -0.15) is 0 Å². The Morgan fingerprint density at radius 2 is 1.73 bits per heavy atom. The van der Waals surface area contributed by atoms with Crippen molar-refractivity contribution in [2.75, 3.05) is 26.7 Å². The van der Waals surface area contributed by atoms with Crippen molar-refractivity contribution in [1.29, 1.82) is 0 Å². The molecule has 1 aliphatic carbocycles. The molecule has 0 radical (unpaired) electrons. The Hall–Kier alpha value is -3.48. The minimum absolute atomic E-state index is 0.0549. The van der Waals surface area contributed by atoms with Crippen molar-refractivity contribution in [2.45, 2.75) is 126 Å². The van der Waals surface area contributed by atoms with Crippen LogP contribution in [0.15, 0.2) is 42.9 Å². The second-order valence-corrected chi connectivity index (χ2v) is 14.9. The van der Waals surface area contributed by atoms with Gasteiger partial charge in [-0.1, -0.05) is 62.4 Å². The van der Waals surface area contributed by atoms with Gasteiger partial charge in [0.1, 0.15) is 17.7 Å². The van der Waals surface area contributed by atoms with Crippen LogP contribution in [0.25, 0.3) is 0 Å². The molecule has 270 valence electrons. The highest BCUT2D eigenvalue weighted by molar-refractivity contribution is 5.92. The number of likely N-dealkylation sites (N-methyl/N-ethyl adjacent to an activating group) is 1. The van der Waals surface area contributed by atoms with E-state index in [4.69, 9.17) is 4.74 Å². The first-order chi connectivity index (χ1) is 23.5. The third-order valence-electron chi connectivity index (χ3n) is 11.1. The number of rotatable bonds is 14. The number of piperidine rings is 1. The van der Waals surface area contributed by atoms with E-state index in [1.165, 1.54) is 17.6 Å². The van der Waals surface area contributed by atoms with Crippen LogP contribution in [0.4, 0.5) is 4.79 Å². The maximum atomic E-state index is 14.4. The Morgan fingerprint density at radius 3 is 2.35 bits per heavy atom. The fourth-order valence-corrected chi connectivity index (χ4v) is 7.49. The van der Waals surface area contributed by atoms with Gasteiger partial charge in [0.25, 0.3) is 0 Å². The Morgan fingerprint density at radius 1 is 1.04 bits per heavy atom. The van der Waals surface area contributed by atoms with Crippen LogP contribution in [-0.2, 0) is 27.2 Å². The van der Waals surface area contributed by atoms with Crippen LogP contribution in [0.2, 0.25) is 0 Å². The van der Waals surface area contributed by atoms with Gasteiger partial charge in [0, 0.05) is 51.3 Å². The minimum Gasteiger partial charge on any atom is -0.391 e. The molecule has 5 atom stereocenters. The van der Waals surface area contributed by atoms with Crippen molar-refractivity contribution in [1.82, 2.24) is 30.4 Å². The highest BCUT2D eigenvalue weighted by Gasteiger charge is 2.55. The van der Waals surface area contributed by atoms with E-state index in [2.05, 4.69) is 20.6 Å². The second-order valence-electron chi connectivity index (χ2n) is 14.9. The standard InChI is InChI=1S/C37H56N6O6/c1-36(2)37(48,24-49-36)22-32(44)29(19-26-13-7-4-8-14-26)40-33(45)31(21-28-23-38-25-39-28)42(3)34(46)30(20-27-15-9-5-10-16-27)41-35(47)43-17-11-6-12-18-43/h5,9-10,15-16,23,25-26,29-32,44,48H,4,6-8,11-14,17-22,24H2,1-3H3,(H,38,39)(H,40,45)(H,41,47)/t29-,30-,31-,32-,37+/m0/s1. The lowest BCUT2D eigenvalue weighted by Crippen LogP contribution is -2.67. The third-order valence-corrected chi connectivity index (χ3v) is 11.1. The SMILES string of the molecule is CN(C(=O)[C@H](Cc1ccccc1)NC(=O)N1CCCCC1)[C@@H](Cc1cnc[nH]1)C(=O)N[C@@H](CC1CCCCC1)[C@@H](O)C[C@@]1(O)COC1(C)C. The van der Waals surface area contributed by atoms with Crippen molar-refractivity contribution in [2.24, 2.45) is 5.92 Å². The molecule has 2 aromatic rings. The fourth-order valence-electron chi connectivity index (χ4n) is 7.49. The number of aromatic nitrogens is 2. The van der Waals surface area contributed by atoms with Crippen LogP contribution in [0.3, 0.4) is 0 Å². The number of aromatic amines is 1. The number of H-pyrrole nitrogens is 1. The number of hydrogen-bond donors (Lipinski definition) is 5. The van der Waals surface area contributed by atoms with Gasteiger partial charge in [0.2, 0.25) is 11.8 Å². The number of hydrogen-bond acceptors (Lipinski definition) is 7. The van der Waals surface area contributed by atoms with Crippen molar-refractivity contribution in [3.05, 3.63) is 54.1 Å². The number of aliphatic hydroxyl groups is 2. The minimum atomic E-state index is -1.22. The van der Waals surface area contributed by atoms with Crippen LogP contribution in [0.1, 0.15) is 89.3 Å². The number of carbonyl (C=O) groups excluding carboxylic acids is 3. The lowest BCUT2D eigenvalue weighted by Gasteiger charge is -2.53. The molecule has 5 N–H and O–H groups in total. The number of nitrogens with one attached hydrogen (secondary N) is 3. The summed E-state index contributed by atoms with van der Waals surface area (Å²) >= 11 is 0. The largest absolute Gasteiger partial charge is 0.391 e. The number of imidazole rings is 1. The monoisotopic (exact) mass is 680 g/mol. The highest BCUT2D eigenvalue weighted by atomic mass is 16.6. The maximum absolute atomic E-state index is 14.4. The predicted molar refractivity (Wildman–Crippen MR) is 185 cm³/mol. The average Bonchev–Trinajstić information content (AvgIpc) is 3.63. The summed E-state index contributed by atoms with van der Waals surface area (Å²) in [5.41, 5.74) is -0.473. The van der Waals surface area contributed by atoms with Gasteiger partial charge in [0.15, 0.2) is 0 Å². The highest BCUT2D eigenvalue weighted by Crippen LogP contribution is 2.40. The quantitative estimate of drug-likeness (QED) is 0.205. The summed E-state index contributed by atoms with van der Waals surface area (Å²) in [7, 11) is 1.59. The zero-order valence-electron chi connectivity index (χ0n) is 29.4. The summed E-state index contributed by atoms with van der Waals surface area (Å²) < 4.78 is 5.60. The molecule has 0 unspecified atom stereocenters. The van der Waals surface area contributed by atoms with Crippen molar-refractivity contribution in [3.8, 4) is 0 Å². The molecule has 2 aliphatic heterocycles. The molecule has 49 heavy (non-hydrogen) atoms. The molecular formula is C37H56N6O6. The Kier molecular flexibility index (Phi) is 12.4. The van der Waals surface area contributed by atoms with Gasteiger partial charge in [-0.3, -0.25) is 9.59 Å². The lowest BCUT2D eigenvalue weighted by atomic mass is 9.75. The number of aliphatic hydroxyl groups excluding tert-OH is 1. The van der Waals surface area contributed by atoms with E-state index in [0.717, 1.165) is 50.5 Å². The molecule has 5 rings (SSSR count). The van der Waals surface area contributed by atoms with Crippen molar-refractivity contribution in [3.63, 3.8) is 0 Å². The van der Waals surface area contributed by atoms with E-state index in [1.54, 1.807) is 32.0 Å². The van der Waals surface area contributed by atoms with E-state index >= 15 is 0 Å². The molecule has 3 heterocycles. The van der Waals surface area contributed by atoms with Crippen LogP contribution in [-0.4, -0.2) is 110 Å². The van der Waals surface area contributed by atoms with Gasteiger partial charge in [0.05, 0.1) is 30.7 Å². The van der Waals surface area contributed by atoms with Gasteiger partial charge in [-0.15, -0.1) is 0 Å². The number of ether oxygens (including phenoxy) is 1. The molecule has 2 saturated heterocycles. The molecule has 3 aliphatic rings. The molecule has 4 amide bonds. The first-order valence-electron chi connectivity index (χ1n) is 18.1. The van der Waals surface area contributed by atoms with Gasteiger partial charge in [-0.25, -0.2) is 9.78 Å². The van der Waals surface area contributed by atoms with Gasteiger partial charge < -0.3 is 40.4 Å². The lowest BCUT2D eigenvalue weighted by molar-refractivity contribution is -0.297. The molecule has 12 nitrogen and oxygen atoms in total. The van der Waals surface area contributed by atoms with E-state index in [9.17, 15) is 24.6 Å². The summed E-state index contributed by atoms with van der Waals surface area (Å²) in [5.74, 6) is -0.470. The molecule has 12 heteroatoms. The number of urea groups is 1. The second kappa shape index (κ2) is 16.5. The van der Waals surface area contributed by atoms with Gasteiger partial charge >= 0.3 is 6.03 Å². The van der Waals surface area contributed by atoms with Crippen molar-refractivity contribution >= 4 is 17.8 Å². The first-order valence-corrected chi connectivity index (χ1v) is 18.1. The van der Waals surface area contributed by atoms with E-state index in [0.29, 0.717) is 31.1 Å². The van der Waals surface area contributed by atoms with Crippen LogP contribution >= 0.6 is 0 Å². The Bertz CT molecular complexity index is 1360. The molecule has 1 aromatic carbocycles. The van der Waals surface area contributed by atoms with Crippen LogP contribution in [0, 0.1) is 5.92 Å². The molecule has 0 spiro atoms. The first kappa shape index (κ1) is 36.8. The maximum Gasteiger partial charge on any atom is 0.318 e. The van der Waals surface area contributed by atoms with Gasteiger partial charge in [-0.05, 0) is 51.0 Å². The summed E-state index contributed by atoms with van der Waals surface area (Å²) in [6.45, 7) is 5.00. The van der Waals surface area contributed by atoms with E-state index in [1.807, 2.05) is 30.3 Å². The molecule has 1 aromatic heterocycles. The summed E-state index contributed by atoms with van der Waals surface area (Å²) in [6, 6.07) is 6.74. The predicted octanol–water partition coefficient (Wildman–Crippen LogP) is 3.33. The van der Waals surface area contributed by atoms with Crippen molar-refractivity contribution < 1.29 is 29.3 Å². The molecule has 0 bridgehead atoms. The number of amides is 4. The number of carbonyl (C=O) groups is 3. The third kappa shape index (κ3) is 9.40. The van der Waals surface area contributed by atoms with E-state index < -0.39 is 41.3 Å². The summed E-state index contributed by atoms with van der Waals surface area (Å²) in [6.07, 6.45) is 11.5. The Balaban J connectivity index is 1.37. The topological polar surface area (TPSA) is 160 Å². The molecule has 1 saturated carbocycles. The number of likely N-dealkylation sites (tertiary alicyclic amines) is 1. The normalized spacial score (nSPS) is 23.4. The number of nitrogens with zero attached hydrogens (tertiary/aromatic N) is 3. The zero-order valence-corrected chi connectivity index (χ0v) is 29.4. The Labute approximate surface area is 290 Å². The fraction of sp³-hybridized carbons (Fsp3) is 0.676. The number of benzene rings is 1. The van der Waals surface area contributed by atoms with E-state index in [-0.39, 0.29) is 37.8 Å². The smallest absolute Gasteiger partial charge is 0.318 e. The van der Waals surface area contributed by atoms with Crippen LogP contribution < -0.4 is 10.6 Å². The summed E-state index contributed by atoms with van der Waals surface area (Å²) in [4.78, 5) is 52.5.